The second-order valence-electron chi connectivity index (χ2n) is 29.9. The van der Waals surface area contributed by atoms with Gasteiger partial charge in [-0.25, -0.2) is 29.9 Å². The summed E-state index contributed by atoms with van der Waals surface area (Å²) in [6, 6.07) is 133. The Morgan fingerprint density at radius 2 is 0.430 bits per heavy atom. The molecule has 0 bridgehead atoms. The Labute approximate surface area is 697 Å². The highest BCUT2D eigenvalue weighted by Gasteiger charge is 2.24. The van der Waals surface area contributed by atoms with Gasteiger partial charge in [0.2, 0.25) is 0 Å². The van der Waals surface area contributed by atoms with Crippen molar-refractivity contribution < 1.29 is 0 Å². The molecule has 0 atom stereocenters. The Morgan fingerprint density at radius 1 is 0.165 bits per heavy atom. The monoisotopic (exact) mass is 1550 g/mol. The van der Waals surface area contributed by atoms with Crippen molar-refractivity contribution in [1.29, 1.82) is 0 Å². The molecule has 0 radical (unpaired) electrons. The fourth-order valence-electron chi connectivity index (χ4n) is 17.3. The van der Waals surface area contributed by atoms with Gasteiger partial charge >= 0.3 is 0 Å². The van der Waals surface area contributed by atoms with Gasteiger partial charge in [-0.15, -0.1) is 0 Å². The summed E-state index contributed by atoms with van der Waals surface area (Å²) in [4.78, 5) is 34.4. The average molecular weight is 1550 g/mol. The molecule has 0 fully saturated rings. The third-order valence-corrected chi connectivity index (χ3v) is 22.8. The predicted molar refractivity (Wildman–Crippen MR) is 497 cm³/mol. The van der Waals surface area contributed by atoms with Crippen LogP contribution in [-0.2, 0) is 0 Å². The number of aromatic nitrogens is 11. The molecule has 121 heavy (non-hydrogen) atoms. The van der Waals surface area contributed by atoms with Gasteiger partial charge < -0.3 is 0 Å². The summed E-state index contributed by atoms with van der Waals surface area (Å²) in [5, 5.41) is 31.2. The first-order valence-electron chi connectivity index (χ1n) is 40.4. The molecule has 17 aromatic carbocycles. The van der Waals surface area contributed by atoms with Gasteiger partial charge in [0.25, 0.3) is 0 Å². The minimum atomic E-state index is 0.870. The first-order valence-corrected chi connectivity index (χ1v) is 40.4. The van der Waals surface area contributed by atoms with Gasteiger partial charge in [-0.05, 0) is 177 Å². The van der Waals surface area contributed by atoms with E-state index in [2.05, 4.69) is 274 Å². The van der Waals surface area contributed by atoms with Crippen LogP contribution >= 0.6 is 0 Å². The molecule has 0 spiro atoms. The summed E-state index contributed by atoms with van der Waals surface area (Å²) >= 11 is 0. The molecular weight excluding hydrogens is 1480 g/mol. The lowest BCUT2D eigenvalue weighted by atomic mass is 9.86. The van der Waals surface area contributed by atoms with E-state index in [4.69, 9.17) is 29.9 Å². The van der Waals surface area contributed by atoms with E-state index in [0.29, 0.717) is 0 Å². The normalized spacial score (nSPS) is 11.3. The van der Waals surface area contributed by atoms with E-state index in [1.807, 2.05) is 159 Å². The second kappa shape index (κ2) is 31.7. The highest BCUT2D eigenvalue weighted by molar-refractivity contribution is 6.24. The third-order valence-electron chi connectivity index (χ3n) is 22.8. The maximum atomic E-state index is 5.10. The molecule has 23 rings (SSSR count). The Hall–Kier alpha value is -16.4. The smallest absolute Gasteiger partial charge is 0.0973 e. The van der Waals surface area contributed by atoms with Crippen LogP contribution < -0.4 is 0 Å². The lowest BCUT2D eigenvalue weighted by Crippen LogP contribution is -1.96. The predicted octanol–water partition coefficient (Wildman–Crippen LogP) is 27.4. The summed E-state index contributed by atoms with van der Waals surface area (Å²) in [7, 11) is 0. The van der Waals surface area contributed by atoms with Crippen molar-refractivity contribution in [3.8, 4) is 123 Å². The molecule has 0 aliphatic rings. The number of pyridine rings is 1. The van der Waals surface area contributed by atoms with E-state index >= 15 is 0 Å². The number of nitrogens with zero attached hydrogens (tertiary/aromatic N) is 11. The lowest BCUT2D eigenvalue weighted by Gasteiger charge is -2.17. The molecule has 0 amide bonds. The zero-order chi connectivity index (χ0) is 80.5. The summed E-state index contributed by atoms with van der Waals surface area (Å²) < 4.78 is 0. The van der Waals surface area contributed by atoms with Gasteiger partial charge in [0.05, 0.1) is 85.4 Å². The maximum Gasteiger partial charge on any atom is 0.0973 e. The molecule has 6 heterocycles. The number of hydrogen-bond acceptors (Lipinski definition) is 11. The quantitative estimate of drug-likeness (QED) is 0.114. The van der Waals surface area contributed by atoms with Crippen molar-refractivity contribution in [1.82, 2.24) is 55.3 Å². The van der Waals surface area contributed by atoms with Crippen molar-refractivity contribution in [2.24, 2.45) is 0 Å². The van der Waals surface area contributed by atoms with Crippen LogP contribution in [0.4, 0.5) is 0 Å². The van der Waals surface area contributed by atoms with E-state index in [9.17, 15) is 0 Å². The number of aryl methyl sites for hydroxylation is 1. The molecule has 0 unspecified atom stereocenters. The van der Waals surface area contributed by atoms with Gasteiger partial charge in [0.15, 0.2) is 0 Å². The minimum absolute atomic E-state index is 0.870. The van der Waals surface area contributed by atoms with Crippen LogP contribution in [0.5, 0.6) is 0 Å². The molecule has 23 aromatic rings. The van der Waals surface area contributed by atoms with Gasteiger partial charge in [0.1, 0.15) is 0 Å². The van der Waals surface area contributed by atoms with E-state index in [1.54, 1.807) is 12.4 Å². The van der Waals surface area contributed by atoms with Crippen molar-refractivity contribution >= 4 is 97.7 Å². The van der Waals surface area contributed by atoms with E-state index in [1.165, 1.54) is 87.2 Å². The highest BCUT2D eigenvalue weighted by atomic mass is 15.1. The van der Waals surface area contributed by atoms with E-state index in [0.717, 1.165) is 139 Å². The van der Waals surface area contributed by atoms with Crippen LogP contribution in [0.15, 0.2) is 413 Å². The molecule has 6 aromatic heterocycles. The standard InChI is InChI=1S/2C38H24N4.C34H23N3/c1-2-11-26(12-3-1)37-38(41-33-18-9-8-17-32(33)40-37)27-22-20-25(21-23-27)35-28-13-4-6-15-30(28)36(34-19-10-24-39-42-34)31-16-7-5-14-29(31)35;1-2-10-26(11-3-1)37-38(42-34-17-9-8-16-33(34)41-37)27-20-18-25(19-21-27)35-29-12-4-6-14-31(29)36(28-22-23-39-40-24-28)32-15-7-5-13-30(32)35;1-22-34(37-31-15-7-6-14-30(31)36-22)24-18-16-23(17-19-24)32-26-10-2-4-12-28(26)33(25-9-8-20-35-21-25)29-13-5-3-11-27(29)32/h2*1-24H;2-21H,1H3. The number of hydrogen-bond donors (Lipinski definition) is 0. The topological polar surface area (TPSA) is 142 Å². The first-order chi connectivity index (χ1) is 60.0. The van der Waals surface area contributed by atoms with Gasteiger partial charge in [-0.2, -0.15) is 20.4 Å². The molecule has 11 heteroatoms. The molecule has 0 aliphatic heterocycles. The SMILES string of the molecule is Cc1nc2ccccc2nc1-c1ccc(-c2c3ccccc3c(-c3cccnc3)c3ccccc23)cc1.c1ccc(-c2nc3ccccc3nc2-c2ccc(-c3c4ccccc4c(-c4cccnn4)c4ccccc34)cc2)cc1.c1ccc(-c2nc3ccccc3nc2-c2ccc(-c3c4ccccc4c(-c4ccnnc4)c4ccccc34)cc2)cc1. The molecule has 0 aliphatic carbocycles. The summed E-state index contributed by atoms with van der Waals surface area (Å²) in [6.07, 6.45) is 9.09. The Balaban J connectivity index is 0.000000112. The van der Waals surface area contributed by atoms with E-state index in [-0.39, 0.29) is 0 Å². The van der Waals surface area contributed by atoms with Crippen molar-refractivity contribution in [3.63, 3.8) is 0 Å². The first kappa shape index (κ1) is 72.3. The number of benzene rings is 17. The number of para-hydroxylation sites is 6. The highest BCUT2D eigenvalue weighted by Crippen LogP contribution is 2.48. The number of rotatable bonds is 11. The van der Waals surface area contributed by atoms with Crippen LogP contribution in [0, 0.1) is 6.92 Å². The summed E-state index contributed by atoms with van der Waals surface area (Å²) in [5.41, 5.74) is 29.7. The minimum Gasteiger partial charge on any atom is -0.264 e. The van der Waals surface area contributed by atoms with Crippen molar-refractivity contribution in [2.75, 3.05) is 0 Å². The van der Waals surface area contributed by atoms with Crippen molar-refractivity contribution in [3.05, 3.63) is 419 Å². The van der Waals surface area contributed by atoms with Gasteiger partial charge in [0, 0.05) is 63.1 Å². The Kier molecular flexibility index (Phi) is 18.9. The van der Waals surface area contributed by atoms with Crippen LogP contribution in [0.3, 0.4) is 0 Å². The van der Waals surface area contributed by atoms with Crippen LogP contribution in [0.25, 0.3) is 221 Å². The zero-order valence-corrected chi connectivity index (χ0v) is 65.7. The molecule has 0 saturated carbocycles. The molecule has 0 N–H and O–H groups in total. The average Bonchev–Trinajstić information content (AvgIpc) is 0.741. The fourth-order valence-corrected chi connectivity index (χ4v) is 17.3. The van der Waals surface area contributed by atoms with Crippen LogP contribution in [0.2, 0.25) is 0 Å². The maximum absolute atomic E-state index is 5.10. The lowest BCUT2D eigenvalue weighted by molar-refractivity contribution is 1.03. The molecule has 566 valence electrons. The number of fused-ring (bicyclic) bond motifs is 9. The second-order valence-corrected chi connectivity index (χ2v) is 29.9. The van der Waals surface area contributed by atoms with Crippen molar-refractivity contribution in [2.45, 2.75) is 6.92 Å². The van der Waals surface area contributed by atoms with Crippen LogP contribution in [-0.4, -0.2) is 55.3 Å². The largest absolute Gasteiger partial charge is 0.264 e. The summed E-state index contributed by atoms with van der Waals surface area (Å²) in [5.74, 6) is 0. The molecular formula is C110H71N11. The van der Waals surface area contributed by atoms with Gasteiger partial charge in [-0.3, -0.25) is 4.98 Å². The van der Waals surface area contributed by atoms with Crippen LogP contribution in [0.1, 0.15) is 5.69 Å². The Bertz CT molecular complexity index is 7360. The van der Waals surface area contributed by atoms with Gasteiger partial charge in [-0.1, -0.05) is 322 Å². The Morgan fingerprint density at radius 3 is 0.744 bits per heavy atom. The van der Waals surface area contributed by atoms with E-state index < -0.39 is 0 Å². The fraction of sp³-hybridized carbons (Fsp3) is 0.00909. The summed E-state index contributed by atoms with van der Waals surface area (Å²) in [6.45, 7) is 2.03. The molecule has 0 saturated heterocycles. The molecule has 11 nitrogen and oxygen atoms in total. The zero-order valence-electron chi connectivity index (χ0n) is 65.7. The third kappa shape index (κ3) is 13.6.